The van der Waals surface area contributed by atoms with E-state index in [-0.39, 0.29) is 5.97 Å². The van der Waals surface area contributed by atoms with Gasteiger partial charge < -0.3 is 4.74 Å². The number of unbranched alkanes of at least 4 members (excludes halogenated alkanes) is 2. The van der Waals surface area contributed by atoms with Crippen molar-refractivity contribution in [3.05, 3.63) is 0 Å². The van der Waals surface area contributed by atoms with Gasteiger partial charge in [-0.2, -0.15) is 13.2 Å². The summed E-state index contributed by atoms with van der Waals surface area (Å²) >= 11 is 0. The standard InChI is InChI=1S/C14H23F3O2/c1-11(18)19-10-4-2-3-5-12-6-8-13(9-7-12)14(15,16)17/h12-13H,2-10H2,1H3. The second-order valence-electron chi connectivity index (χ2n) is 5.45. The Morgan fingerprint density at radius 3 is 2.26 bits per heavy atom. The molecule has 0 aromatic rings. The summed E-state index contributed by atoms with van der Waals surface area (Å²) in [6, 6.07) is 0. The number of carbonyl (C=O) groups is 1. The third-order valence-corrected chi connectivity index (χ3v) is 3.87. The Morgan fingerprint density at radius 2 is 1.74 bits per heavy atom. The fraction of sp³-hybridized carbons (Fsp3) is 0.929. The molecule has 19 heavy (non-hydrogen) atoms. The first-order chi connectivity index (χ1) is 8.89. The summed E-state index contributed by atoms with van der Waals surface area (Å²) < 4.78 is 42.3. The topological polar surface area (TPSA) is 26.3 Å². The van der Waals surface area contributed by atoms with Crippen LogP contribution in [0.15, 0.2) is 0 Å². The van der Waals surface area contributed by atoms with Gasteiger partial charge in [0, 0.05) is 6.92 Å². The second kappa shape index (κ2) is 7.75. The molecule has 0 saturated heterocycles. The van der Waals surface area contributed by atoms with Crippen LogP contribution in [-0.2, 0) is 9.53 Å². The maximum atomic E-state index is 12.5. The van der Waals surface area contributed by atoms with Crippen molar-refractivity contribution in [2.24, 2.45) is 11.8 Å². The van der Waals surface area contributed by atoms with Crippen LogP contribution in [0.2, 0.25) is 0 Å². The smallest absolute Gasteiger partial charge is 0.391 e. The summed E-state index contributed by atoms with van der Waals surface area (Å²) in [6.45, 7) is 1.84. The first kappa shape index (κ1) is 16.3. The molecule has 5 heteroatoms. The molecule has 0 radical (unpaired) electrons. The third kappa shape index (κ3) is 6.83. The van der Waals surface area contributed by atoms with Gasteiger partial charge in [-0.05, 0) is 38.0 Å². The van der Waals surface area contributed by atoms with Crippen LogP contribution in [0, 0.1) is 11.8 Å². The Hall–Kier alpha value is -0.740. The van der Waals surface area contributed by atoms with Crippen molar-refractivity contribution in [3.8, 4) is 0 Å². The van der Waals surface area contributed by atoms with E-state index in [1.165, 1.54) is 6.92 Å². The molecule has 0 atom stereocenters. The lowest BCUT2D eigenvalue weighted by Crippen LogP contribution is -2.27. The van der Waals surface area contributed by atoms with E-state index < -0.39 is 12.1 Å². The van der Waals surface area contributed by atoms with E-state index in [4.69, 9.17) is 4.74 Å². The zero-order chi connectivity index (χ0) is 14.3. The molecule has 0 bridgehead atoms. The summed E-state index contributed by atoms with van der Waals surface area (Å²) in [5.41, 5.74) is 0. The van der Waals surface area contributed by atoms with Gasteiger partial charge in [0.25, 0.3) is 0 Å². The van der Waals surface area contributed by atoms with Crippen molar-refractivity contribution in [2.75, 3.05) is 6.61 Å². The average molecular weight is 280 g/mol. The number of hydrogen-bond acceptors (Lipinski definition) is 2. The average Bonchev–Trinajstić information content (AvgIpc) is 2.32. The van der Waals surface area contributed by atoms with Crippen molar-refractivity contribution < 1.29 is 22.7 Å². The molecule has 1 saturated carbocycles. The van der Waals surface area contributed by atoms with Gasteiger partial charge in [-0.1, -0.05) is 19.3 Å². The minimum Gasteiger partial charge on any atom is -0.466 e. The summed E-state index contributed by atoms with van der Waals surface area (Å²) in [7, 11) is 0. The number of halogens is 3. The molecule has 112 valence electrons. The number of alkyl halides is 3. The van der Waals surface area contributed by atoms with Gasteiger partial charge in [0.1, 0.15) is 0 Å². The van der Waals surface area contributed by atoms with Crippen molar-refractivity contribution >= 4 is 5.97 Å². The molecule has 0 N–H and O–H groups in total. The maximum absolute atomic E-state index is 12.5. The quantitative estimate of drug-likeness (QED) is 0.529. The number of carbonyl (C=O) groups excluding carboxylic acids is 1. The number of ether oxygens (including phenoxy) is 1. The molecular formula is C14H23F3O2. The molecule has 0 unspecified atom stereocenters. The van der Waals surface area contributed by atoms with Crippen molar-refractivity contribution in [3.63, 3.8) is 0 Å². The van der Waals surface area contributed by atoms with Crippen LogP contribution in [0.4, 0.5) is 13.2 Å². The van der Waals surface area contributed by atoms with E-state index in [0.717, 1.165) is 25.7 Å². The molecule has 2 nitrogen and oxygen atoms in total. The molecule has 1 aliphatic carbocycles. The molecule has 0 aliphatic heterocycles. The highest BCUT2D eigenvalue weighted by atomic mass is 19.4. The fourth-order valence-electron chi connectivity index (χ4n) is 2.71. The lowest BCUT2D eigenvalue weighted by molar-refractivity contribution is -0.184. The van der Waals surface area contributed by atoms with Crippen molar-refractivity contribution in [1.82, 2.24) is 0 Å². The van der Waals surface area contributed by atoms with E-state index in [9.17, 15) is 18.0 Å². The van der Waals surface area contributed by atoms with Crippen LogP contribution in [0.1, 0.15) is 58.3 Å². The predicted molar refractivity (Wildman–Crippen MR) is 66.6 cm³/mol. The lowest BCUT2D eigenvalue weighted by atomic mass is 9.79. The number of rotatable bonds is 6. The molecule has 0 amide bonds. The normalized spacial score (nSPS) is 24.2. The first-order valence-corrected chi connectivity index (χ1v) is 7.09. The van der Waals surface area contributed by atoms with Gasteiger partial charge in [0.05, 0.1) is 12.5 Å². The van der Waals surface area contributed by atoms with Crippen LogP contribution >= 0.6 is 0 Å². The Morgan fingerprint density at radius 1 is 1.11 bits per heavy atom. The molecule has 0 aromatic heterocycles. The third-order valence-electron chi connectivity index (χ3n) is 3.87. The number of hydrogen-bond donors (Lipinski definition) is 0. The highest BCUT2D eigenvalue weighted by molar-refractivity contribution is 5.65. The van der Waals surface area contributed by atoms with E-state index in [2.05, 4.69) is 0 Å². The van der Waals surface area contributed by atoms with E-state index >= 15 is 0 Å². The van der Waals surface area contributed by atoms with Gasteiger partial charge in [-0.3, -0.25) is 4.79 Å². The molecule has 0 heterocycles. The zero-order valence-corrected chi connectivity index (χ0v) is 11.5. The molecule has 1 aliphatic rings. The van der Waals surface area contributed by atoms with Crippen molar-refractivity contribution in [2.45, 2.75) is 64.5 Å². The highest BCUT2D eigenvalue weighted by Crippen LogP contribution is 2.40. The monoisotopic (exact) mass is 280 g/mol. The van der Waals surface area contributed by atoms with Gasteiger partial charge in [-0.25, -0.2) is 0 Å². The summed E-state index contributed by atoms with van der Waals surface area (Å²) in [6.07, 6.45) is 1.83. The van der Waals surface area contributed by atoms with Gasteiger partial charge in [-0.15, -0.1) is 0 Å². The van der Waals surface area contributed by atoms with Crippen molar-refractivity contribution in [1.29, 1.82) is 0 Å². The van der Waals surface area contributed by atoms with Crippen LogP contribution in [0.3, 0.4) is 0 Å². The molecule has 1 fully saturated rings. The Kier molecular flexibility index (Phi) is 6.66. The zero-order valence-electron chi connectivity index (χ0n) is 11.5. The fourth-order valence-corrected chi connectivity index (χ4v) is 2.71. The van der Waals surface area contributed by atoms with E-state index in [0.29, 0.717) is 38.2 Å². The molecule has 1 rings (SSSR count). The van der Waals surface area contributed by atoms with Crippen LogP contribution < -0.4 is 0 Å². The predicted octanol–water partition coefficient (Wildman–Crippen LogP) is 4.48. The Balaban J connectivity index is 2.02. The molecular weight excluding hydrogens is 257 g/mol. The van der Waals surface area contributed by atoms with Crippen LogP contribution in [0.5, 0.6) is 0 Å². The Labute approximate surface area is 112 Å². The van der Waals surface area contributed by atoms with Gasteiger partial charge in [0.15, 0.2) is 0 Å². The van der Waals surface area contributed by atoms with Crippen LogP contribution in [-0.4, -0.2) is 18.8 Å². The summed E-state index contributed by atoms with van der Waals surface area (Å²) in [5.74, 6) is -0.884. The van der Waals surface area contributed by atoms with Gasteiger partial charge >= 0.3 is 12.1 Å². The molecule has 0 aromatic carbocycles. The SMILES string of the molecule is CC(=O)OCCCCCC1CCC(C(F)(F)F)CC1. The van der Waals surface area contributed by atoms with Crippen LogP contribution in [0.25, 0.3) is 0 Å². The Bertz CT molecular complexity index is 268. The highest BCUT2D eigenvalue weighted by Gasteiger charge is 2.41. The summed E-state index contributed by atoms with van der Waals surface area (Å²) in [5, 5.41) is 0. The minimum absolute atomic E-state index is 0.259. The lowest BCUT2D eigenvalue weighted by Gasteiger charge is -2.29. The second-order valence-corrected chi connectivity index (χ2v) is 5.45. The van der Waals surface area contributed by atoms with E-state index in [1.54, 1.807) is 0 Å². The largest absolute Gasteiger partial charge is 0.466 e. The summed E-state index contributed by atoms with van der Waals surface area (Å²) in [4.78, 5) is 10.5. The maximum Gasteiger partial charge on any atom is 0.391 e. The van der Waals surface area contributed by atoms with Gasteiger partial charge in [0.2, 0.25) is 0 Å². The minimum atomic E-state index is -4.00. The number of esters is 1. The van der Waals surface area contributed by atoms with E-state index in [1.807, 2.05) is 0 Å². The molecule has 0 spiro atoms. The first-order valence-electron chi connectivity index (χ1n) is 7.09.